The molecule has 0 aliphatic heterocycles. The highest BCUT2D eigenvalue weighted by atomic mass is 32.2. The first-order valence-corrected chi connectivity index (χ1v) is 9.61. The third-order valence-electron chi connectivity index (χ3n) is 3.57. The molecule has 2 aromatic rings. The molecule has 0 heterocycles. The first-order valence-electron chi connectivity index (χ1n) is 8.45. The lowest BCUT2D eigenvalue weighted by atomic mass is 10.1. The maximum atomic E-state index is 13.6. The smallest absolute Gasteiger partial charge is 0.253 e. The van der Waals surface area contributed by atoms with Crippen LogP contribution in [0.15, 0.2) is 48.5 Å². The topological polar surface area (TPSA) is 58.2 Å². The molecule has 0 saturated heterocycles. The first-order chi connectivity index (χ1) is 12.5. The van der Waals surface area contributed by atoms with Crippen LogP contribution >= 0.6 is 11.8 Å². The van der Waals surface area contributed by atoms with E-state index in [1.807, 2.05) is 13.8 Å². The van der Waals surface area contributed by atoms with Gasteiger partial charge in [-0.15, -0.1) is 11.8 Å². The van der Waals surface area contributed by atoms with Crippen molar-refractivity contribution in [2.45, 2.75) is 19.6 Å². The first kappa shape index (κ1) is 20.0. The van der Waals surface area contributed by atoms with Crippen LogP contribution in [-0.2, 0) is 10.5 Å². The lowest BCUT2D eigenvalue weighted by Gasteiger charge is -2.12. The van der Waals surface area contributed by atoms with Crippen LogP contribution in [0, 0.1) is 11.7 Å². The highest BCUT2D eigenvalue weighted by Gasteiger charge is 2.13. The Labute approximate surface area is 157 Å². The van der Waals surface area contributed by atoms with Crippen LogP contribution in [0.25, 0.3) is 0 Å². The Balaban J connectivity index is 1.90. The maximum absolute atomic E-state index is 13.6. The average Bonchev–Trinajstić information content (AvgIpc) is 2.61. The highest BCUT2D eigenvalue weighted by molar-refractivity contribution is 7.99. The minimum atomic E-state index is -0.271. The molecule has 2 aromatic carbocycles. The molecule has 6 heteroatoms. The van der Waals surface area contributed by atoms with Crippen molar-refractivity contribution < 1.29 is 14.0 Å². The summed E-state index contributed by atoms with van der Waals surface area (Å²) in [5, 5.41) is 5.61. The number of hydrogen-bond donors (Lipinski definition) is 2. The summed E-state index contributed by atoms with van der Waals surface area (Å²) in [7, 11) is 0. The standard InChI is InChI=1S/C20H23FN2O2S/c1-14(2)11-22-20(25)16-8-4-6-10-18(16)23-19(24)13-26-12-15-7-3-5-9-17(15)21/h3-10,14H,11-13H2,1-2H3,(H,22,25)(H,23,24). The molecule has 0 fully saturated rings. The number of carbonyl (C=O) groups excluding carboxylic acids is 2. The summed E-state index contributed by atoms with van der Waals surface area (Å²) in [6.45, 7) is 4.60. The minimum Gasteiger partial charge on any atom is -0.352 e. The molecular formula is C20H23FN2O2S. The van der Waals surface area contributed by atoms with Gasteiger partial charge in [0, 0.05) is 12.3 Å². The van der Waals surface area contributed by atoms with Gasteiger partial charge in [0.25, 0.3) is 5.91 Å². The normalized spacial score (nSPS) is 10.6. The van der Waals surface area contributed by atoms with Crippen molar-refractivity contribution in [3.05, 3.63) is 65.5 Å². The van der Waals surface area contributed by atoms with Crippen LogP contribution < -0.4 is 10.6 Å². The number of carbonyl (C=O) groups is 2. The van der Waals surface area contributed by atoms with Crippen molar-refractivity contribution in [2.75, 3.05) is 17.6 Å². The lowest BCUT2D eigenvalue weighted by Crippen LogP contribution is -2.28. The Morgan fingerprint density at radius 3 is 2.50 bits per heavy atom. The van der Waals surface area contributed by atoms with E-state index >= 15 is 0 Å². The molecule has 0 unspecified atom stereocenters. The van der Waals surface area contributed by atoms with Gasteiger partial charge in [-0.1, -0.05) is 44.2 Å². The SMILES string of the molecule is CC(C)CNC(=O)c1ccccc1NC(=O)CSCc1ccccc1F. The van der Waals surface area contributed by atoms with Gasteiger partial charge in [0.2, 0.25) is 5.91 Å². The van der Waals surface area contributed by atoms with Crippen molar-refractivity contribution in [3.8, 4) is 0 Å². The van der Waals surface area contributed by atoms with E-state index in [0.717, 1.165) is 0 Å². The van der Waals surface area contributed by atoms with Crippen molar-refractivity contribution in [1.29, 1.82) is 0 Å². The zero-order valence-corrected chi connectivity index (χ0v) is 15.7. The second-order valence-electron chi connectivity index (χ2n) is 6.28. The number of amides is 2. The van der Waals surface area contributed by atoms with Gasteiger partial charge < -0.3 is 10.6 Å². The van der Waals surface area contributed by atoms with Gasteiger partial charge in [0.1, 0.15) is 5.82 Å². The summed E-state index contributed by atoms with van der Waals surface area (Å²) >= 11 is 1.32. The van der Waals surface area contributed by atoms with Crippen molar-refractivity contribution >= 4 is 29.3 Å². The highest BCUT2D eigenvalue weighted by Crippen LogP contribution is 2.18. The molecule has 0 saturated carbocycles. The Morgan fingerprint density at radius 2 is 1.77 bits per heavy atom. The van der Waals surface area contributed by atoms with Crippen LogP contribution in [-0.4, -0.2) is 24.1 Å². The molecular weight excluding hydrogens is 351 g/mol. The number of para-hydroxylation sites is 1. The van der Waals surface area contributed by atoms with E-state index in [0.29, 0.717) is 35.0 Å². The fraction of sp³-hybridized carbons (Fsp3) is 0.300. The summed E-state index contributed by atoms with van der Waals surface area (Å²) < 4.78 is 13.6. The Morgan fingerprint density at radius 1 is 1.08 bits per heavy atom. The zero-order valence-electron chi connectivity index (χ0n) is 14.9. The Hall–Kier alpha value is -2.34. The summed E-state index contributed by atoms with van der Waals surface area (Å²) in [5.74, 6) is 0.222. The van der Waals surface area contributed by atoms with Gasteiger partial charge in [-0.3, -0.25) is 9.59 Å². The van der Waals surface area contributed by atoms with E-state index in [4.69, 9.17) is 0 Å². The Bertz CT molecular complexity index is 765. The molecule has 0 aliphatic carbocycles. The Kier molecular flexibility index (Phi) is 7.66. The van der Waals surface area contributed by atoms with E-state index in [1.165, 1.54) is 17.8 Å². The van der Waals surface area contributed by atoms with Gasteiger partial charge >= 0.3 is 0 Å². The molecule has 2 rings (SSSR count). The molecule has 2 N–H and O–H groups in total. The van der Waals surface area contributed by atoms with Crippen molar-refractivity contribution in [3.63, 3.8) is 0 Å². The fourth-order valence-corrected chi connectivity index (χ4v) is 3.05. The number of halogens is 1. The summed E-state index contributed by atoms with van der Waals surface area (Å²) in [6, 6.07) is 13.4. The van der Waals surface area contributed by atoms with Gasteiger partial charge in [0.15, 0.2) is 0 Å². The molecule has 26 heavy (non-hydrogen) atoms. The van der Waals surface area contributed by atoms with Crippen molar-refractivity contribution in [1.82, 2.24) is 5.32 Å². The molecule has 2 amide bonds. The largest absolute Gasteiger partial charge is 0.352 e. The molecule has 0 spiro atoms. The lowest BCUT2D eigenvalue weighted by molar-refractivity contribution is -0.113. The number of anilines is 1. The number of thioether (sulfide) groups is 1. The number of nitrogens with one attached hydrogen (secondary N) is 2. The van der Waals surface area contributed by atoms with Crippen LogP contribution in [0.2, 0.25) is 0 Å². The van der Waals surface area contributed by atoms with Crippen LogP contribution in [0.1, 0.15) is 29.8 Å². The molecule has 0 bridgehead atoms. The van der Waals surface area contributed by atoms with Gasteiger partial charge in [-0.2, -0.15) is 0 Å². The van der Waals surface area contributed by atoms with E-state index in [-0.39, 0.29) is 23.4 Å². The van der Waals surface area contributed by atoms with Gasteiger partial charge in [0.05, 0.1) is 17.0 Å². The summed E-state index contributed by atoms with van der Waals surface area (Å²) in [5.41, 5.74) is 1.48. The van der Waals surface area contributed by atoms with E-state index in [2.05, 4.69) is 10.6 Å². The molecule has 0 radical (unpaired) electrons. The van der Waals surface area contributed by atoms with Gasteiger partial charge in [-0.05, 0) is 29.7 Å². The molecule has 0 atom stereocenters. The van der Waals surface area contributed by atoms with E-state index < -0.39 is 0 Å². The third kappa shape index (κ3) is 6.19. The predicted molar refractivity (Wildman–Crippen MR) is 105 cm³/mol. The number of benzene rings is 2. The zero-order chi connectivity index (χ0) is 18.9. The van der Waals surface area contributed by atoms with Crippen LogP contribution in [0.5, 0.6) is 0 Å². The summed E-state index contributed by atoms with van der Waals surface area (Å²) in [6.07, 6.45) is 0. The predicted octanol–water partition coefficient (Wildman–Crippen LogP) is 4.08. The quantitative estimate of drug-likeness (QED) is 0.732. The monoisotopic (exact) mass is 374 g/mol. The second-order valence-corrected chi connectivity index (χ2v) is 7.27. The number of hydrogen-bond acceptors (Lipinski definition) is 3. The van der Waals surface area contributed by atoms with Gasteiger partial charge in [-0.25, -0.2) is 4.39 Å². The maximum Gasteiger partial charge on any atom is 0.253 e. The van der Waals surface area contributed by atoms with Crippen LogP contribution in [0.4, 0.5) is 10.1 Å². The molecule has 138 valence electrons. The fourth-order valence-electron chi connectivity index (χ4n) is 2.24. The van der Waals surface area contributed by atoms with E-state index in [1.54, 1.807) is 42.5 Å². The minimum absolute atomic E-state index is 0.177. The molecule has 4 nitrogen and oxygen atoms in total. The third-order valence-corrected chi connectivity index (χ3v) is 4.55. The van der Waals surface area contributed by atoms with E-state index in [9.17, 15) is 14.0 Å². The summed E-state index contributed by atoms with van der Waals surface area (Å²) in [4.78, 5) is 24.4. The molecule has 0 aromatic heterocycles. The van der Waals surface area contributed by atoms with Crippen molar-refractivity contribution in [2.24, 2.45) is 5.92 Å². The molecule has 0 aliphatic rings. The van der Waals surface area contributed by atoms with Crippen LogP contribution in [0.3, 0.4) is 0 Å². The second kappa shape index (κ2) is 9.97. The number of rotatable bonds is 8. The average molecular weight is 374 g/mol.